The van der Waals surface area contributed by atoms with E-state index in [0.29, 0.717) is 19.6 Å². The van der Waals surface area contributed by atoms with E-state index in [1.165, 1.54) is 11.5 Å². The minimum atomic E-state index is -0.494. The molecule has 0 radical (unpaired) electrons. The van der Waals surface area contributed by atoms with Gasteiger partial charge in [-0.25, -0.2) is 0 Å². The van der Waals surface area contributed by atoms with Gasteiger partial charge in [0.25, 0.3) is 0 Å². The average Bonchev–Trinajstić information content (AvgIpc) is 2.72. The lowest BCUT2D eigenvalue weighted by atomic mass is 10.1. The normalized spacial score (nSPS) is 24.8. The standard InChI is InChI=1S/C8H13N3O2S/c12-7(3-6-5-14-11-10-6)8-4-9-1-2-13-8/h5,7-9,12H,1-4H2. The molecule has 2 atom stereocenters. The zero-order valence-corrected chi connectivity index (χ0v) is 8.54. The number of aromatic nitrogens is 2. The summed E-state index contributed by atoms with van der Waals surface area (Å²) in [5, 5.41) is 18.7. The Bertz CT molecular complexity index is 262. The molecular formula is C8H13N3O2S. The number of nitrogens with zero attached hydrogens (tertiary/aromatic N) is 2. The molecule has 1 aliphatic heterocycles. The molecule has 2 unspecified atom stereocenters. The van der Waals surface area contributed by atoms with Crippen molar-refractivity contribution in [2.75, 3.05) is 19.7 Å². The molecule has 5 nitrogen and oxygen atoms in total. The van der Waals surface area contributed by atoms with Gasteiger partial charge in [-0.15, -0.1) is 5.10 Å². The van der Waals surface area contributed by atoms with Crippen LogP contribution in [0.2, 0.25) is 0 Å². The number of nitrogens with one attached hydrogen (secondary N) is 1. The number of aliphatic hydroxyl groups excluding tert-OH is 1. The summed E-state index contributed by atoms with van der Waals surface area (Å²) in [6.07, 6.45) is -0.0970. The molecule has 6 heteroatoms. The maximum Gasteiger partial charge on any atom is 0.0962 e. The van der Waals surface area contributed by atoms with Crippen molar-refractivity contribution in [3.63, 3.8) is 0 Å². The minimum Gasteiger partial charge on any atom is -0.390 e. The molecule has 1 saturated heterocycles. The second kappa shape index (κ2) is 4.79. The van der Waals surface area contributed by atoms with Crippen LogP contribution < -0.4 is 5.32 Å². The van der Waals surface area contributed by atoms with Gasteiger partial charge in [0, 0.05) is 24.9 Å². The molecule has 2 rings (SSSR count). The van der Waals surface area contributed by atoms with E-state index in [-0.39, 0.29) is 6.10 Å². The number of aliphatic hydroxyl groups is 1. The maximum atomic E-state index is 9.82. The first-order chi connectivity index (χ1) is 6.86. The third kappa shape index (κ3) is 2.48. The van der Waals surface area contributed by atoms with Crippen LogP contribution in [0.25, 0.3) is 0 Å². The van der Waals surface area contributed by atoms with Gasteiger partial charge in [0.05, 0.1) is 24.5 Å². The summed E-state index contributed by atoms with van der Waals surface area (Å²) in [5.74, 6) is 0. The van der Waals surface area contributed by atoms with Gasteiger partial charge < -0.3 is 15.2 Å². The van der Waals surface area contributed by atoms with Crippen LogP contribution in [-0.2, 0) is 11.2 Å². The molecule has 1 aromatic rings. The first-order valence-electron chi connectivity index (χ1n) is 4.62. The van der Waals surface area contributed by atoms with Gasteiger partial charge in [-0.1, -0.05) is 4.49 Å². The van der Waals surface area contributed by atoms with Crippen molar-refractivity contribution in [1.82, 2.24) is 14.9 Å². The highest BCUT2D eigenvalue weighted by Gasteiger charge is 2.23. The molecule has 1 aromatic heterocycles. The summed E-state index contributed by atoms with van der Waals surface area (Å²) in [6, 6.07) is 0. The van der Waals surface area contributed by atoms with E-state index in [2.05, 4.69) is 14.9 Å². The van der Waals surface area contributed by atoms with Gasteiger partial charge >= 0.3 is 0 Å². The average molecular weight is 215 g/mol. The smallest absolute Gasteiger partial charge is 0.0962 e. The summed E-state index contributed by atoms with van der Waals surface area (Å²) < 4.78 is 9.18. The Morgan fingerprint density at radius 1 is 1.79 bits per heavy atom. The van der Waals surface area contributed by atoms with E-state index in [0.717, 1.165) is 12.2 Å². The lowest BCUT2D eigenvalue weighted by Crippen LogP contribution is -2.45. The molecule has 0 aromatic carbocycles. The topological polar surface area (TPSA) is 67.3 Å². The summed E-state index contributed by atoms with van der Waals surface area (Å²) in [6.45, 7) is 2.23. The minimum absolute atomic E-state index is 0.120. The van der Waals surface area contributed by atoms with E-state index in [9.17, 15) is 5.11 Å². The molecule has 1 aliphatic rings. The quantitative estimate of drug-likeness (QED) is 0.707. The Morgan fingerprint density at radius 3 is 3.36 bits per heavy atom. The third-order valence-electron chi connectivity index (χ3n) is 2.21. The Kier molecular flexibility index (Phi) is 3.41. The van der Waals surface area contributed by atoms with Gasteiger partial charge in [0.2, 0.25) is 0 Å². The van der Waals surface area contributed by atoms with Crippen LogP contribution in [0.15, 0.2) is 5.38 Å². The molecule has 0 spiro atoms. The van der Waals surface area contributed by atoms with Crippen LogP contribution >= 0.6 is 11.5 Å². The van der Waals surface area contributed by atoms with Gasteiger partial charge in [0.1, 0.15) is 0 Å². The first kappa shape index (κ1) is 9.97. The largest absolute Gasteiger partial charge is 0.390 e. The fourth-order valence-corrected chi connectivity index (χ4v) is 1.92. The fourth-order valence-electron chi connectivity index (χ4n) is 1.45. The van der Waals surface area contributed by atoms with Gasteiger partial charge in [-0.2, -0.15) is 0 Å². The molecule has 2 heterocycles. The van der Waals surface area contributed by atoms with Crippen LogP contribution in [0.1, 0.15) is 5.69 Å². The summed E-state index contributed by atoms with van der Waals surface area (Å²) in [7, 11) is 0. The SMILES string of the molecule is OC(Cc1csnn1)C1CNCCO1. The molecule has 78 valence electrons. The van der Waals surface area contributed by atoms with Crippen molar-refractivity contribution in [2.45, 2.75) is 18.6 Å². The molecule has 0 bridgehead atoms. The zero-order chi connectivity index (χ0) is 9.80. The van der Waals surface area contributed by atoms with Crippen molar-refractivity contribution in [3.8, 4) is 0 Å². The second-order valence-electron chi connectivity index (χ2n) is 3.28. The van der Waals surface area contributed by atoms with Crippen LogP contribution in [0.4, 0.5) is 0 Å². The summed E-state index contributed by atoms with van der Waals surface area (Å²) in [5.41, 5.74) is 0.830. The van der Waals surface area contributed by atoms with Gasteiger partial charge in [0.15, 0.2) is 0 Å². The van der Waals surface area contributed by atoms with Crippen LogP contribution in [0.3, 0.4) is 0 Å². The molecular weight excluding hydrogens is 202 g/mol. The number of hydrogen-bond acceptors (Lipinski definition) is 6. The van der Waals surface area contributed by atoms with Crippen LogP contribution in [0, 0.1) is 0 Å². The summed E-state index contributed by atoms with van der Waals surface area (Å²) in [4.78, 5) is 0. The van der Waals surface area contributed by atoms with E-state index in [1.54, 1.807) is 0 Å². The number of hydrogen-bond donors (Lipinski definition) is 2. The predicted octanol–water partition coefficient (Wildman–Crippen LogP) is -0.570. The number of ether oxygens (including phenoxy) is 1. The highest BCUT2D eigenvalue weighted by atomic mass is 32.1. The van der Waals surface area contributed by atoms with Crippen LogP contribution in [0.5, 0.6) is 0 Å². The molecule has 0 saturated carbocycles. The maximum absolute atomic E-state index is 9.82. The van der Waals surface area contributed by atoms with Gasteiger partial charge in [-0.3, -0.25) is 0 Å². The van der Waals surface area contributed by atoms with Crippen molar-refractivity contribution in [3.05, 3.63) is 11.1 Å². The third-order valence-corrected chi connectivity index (χ3v) is 2.76. The summed E-state index contributed by atoms with van der Waals surface area (Å²) >= 11 is 1.30. The molecule has 1 fully saturated rings. The predicted molar refractivity (Wildman–Crippen MR) is 52.2 cm³/mol. The Balaban J connectivity index is 1.85. The molecule has 0 aliphatic carbocycles. The zero-order valence-electron chi connectivity index (χ0n) is 7.72. The highest BCUT2D eigenvalue weighted by Crippen LogP contribution is 2.08. The van der Waals surface area contributed by atoms with E-state index >= 15 is 0 Å². The number of rotatable bonds is 3. The van der Waals surface area contributed by atoms with E-state index in [4.69, 9.17) is 4.74 Å². The molecule has 2 N–H and O–H groups in total. The highest BCUT2D eigenvalue weighted by molar-refractivity contribution is 7.03. The first-order valence-corrected chi connectivity index (χ1v) is 5.46. The fraction of sp³-hybridized carbons (Fsp3) is 0.750. The van der Waals surface area contributed by atoms with Crippen molar-refractivity contribution in [1.29, 1.82) is 0 Å². The second-order valence-corrected chi connectivity index (χ2v) is 3.89. The molecule has 14 heavy (non-hydrogen) atoms. The lowest BCUT2D eigenvalue weighted by Gasteiger charge is -2.27. The van der Waals surface area contributed by atoms with Crippen molar-refractivity contribution >= 4 is 11.5 Å². The monoisotopic (exact) mass is 215 g/mol. The lowest BCUT2D eigenvalue weighted by molar-refractivity contribution is -0.0518. The molecule has 0 amide bonds. The van der Waals surface area contributed by atoms with Crippen molar-refractivity contribution in [2.24, 2.45) is 0 Å². The Labute approximate surface area is 86.3 Å². The van der Waals surface area contributed by atoms with E-state index in [1.807, 2.05) is 5.38 Å². The number of morpholine rings is 1. The van der Waals surface area contributed by atoms with Gasteiger partial charge in [-0.05, 0) is 11.5 Å². The van der Waals surface area contributed by atoms with Crippen LogP contribution in [-0.4, -0.2) is 46.6 Å². The Morgan fingerprint density at radius 2 is 2.71 bits per heavy atom. The Hall–Kier alpha value is -0.560. The van der Waals surface area contributed by atoms with E-state index < -0.39 is 6.10 Å². The van der Waals surface area contributed by atoms with Crippen molar-refractivity contribution < 1.29 is 9.84 Å².